The Morgan fingerprint density at radius 2 is 1.95 bits per heavy atom. The van der Waals surface area contributed by atoms with Crippen molar-refractivity contribution in [1.29, 1.82) is 0 Å². The fraction of sp³-hybridized carbons (Fsp3) is 0.923. The van der Waals surface area contributed by atoms with Gasteiger partial charge in [0.25, 0.3) is 0 Å². The Labute approximate surface area is 111 Å². The number of halogens is 3. The highest BCUT2D eigenvalue weighted by molar-refractivity contribution is 5.78. The van der Waals surface area contributed by atoms with Crippen LogP contribution in [0.5, 0.6) is 0 Å². The van der Waals surface area contributed by atoms with Gasteiger partial charge >= 0.3 is 6.18 Å². The van der Waals surface area contributed by atoms with Gasteiger partial charge < -0.3 is 5.32 Å². The predicted octanol–water partition coefficient (Wildman–Crippen LogP) is 2.18. The molecule has 2 rings (SSSR count). The van der Waals surface area contributed by atoms with E-state index < -0.39 is 17.5 Å². The van der Waals surface area contributed by atoms with E-state index in [1.54, 1.807) is 13.8 Å². The summed E-state index contributed by atoms with van der Waals surface area (Å²) in [4.78, 5) is 13.5. The van der Waals surface area contributed by atoms with Crippen molar-refractivity contribution in [2.45, 2.75) is 45.3 Å². The number of alkyl halides is 3. The molecule has 110 valence electrons. The number of amides is 1. The molecule has 1 saturated heterocycles. The molecular formula is C13H21F3N2O. The second-order valence-corrected chi connectivity index (χ2v) is 6.42. The van der Waals surface area contributed by atoms with Crippen molar-refractivity contribution in [1.82, 2.24) is 10.2 Å². The second kappa shape index (κ2) is 4.96. The first kappa shape index (κ1) is 14.6. The molecule has 0 aromatic rings. The highest BCUT2D eigenvalue weighted by Gasteiger charge is 2.51. The third kappa shape index (κ3) is 3.84. The van der Waals surface area contributed by atoms with Crippen LogP contribution in [0.25, 0.3) is 0 Å². The number of nitrogens with one attached hydrogen (secondary N) is 1. The summed E-state index contributed by atoms with van der Waals surface area (Å²) in [6, 6.07) is 0.299. The summed E-state index contributed by atoms with van der Waals surface area (Å²) in [5, 5.41) is 2.87. The first-order valence-corrected chi connectivity index (χ1v) is 6.77. The minimum Gasteiger partial charge on any atom is -0.352 e. The third-order valence-electron chi connectivity index (χ3n) is 4.01. The Balaban J connectivity index is 1.88. The number of nitrogens with zero attached hydrogens (tertiary/aromatic N) is 1. The smallest absolute Gasteiger partial charge is 0.352 e. The summed E-state index contributed by atoms with van der Waals surface area (Å²) < 4.78 is 38.7. The van der Waals surface area contributed by atoms with Gasteiger partial charge in [0.1, 0.15) is 0 Å². The number of carbonyl (C=O) groups is 1. The van der Waals surface area contributed by atoms with E-state index in [1.165, 1.54) is 0 Å². The van der Waals surface area contributed by atoms with Gasteiger partial charge in [-0.1, -0.05) is 13.8 Å². The maximum atomic E-state index is 12.9. The molecule has 2 aliphatic rings. The average Bonchev–Trinajstić information content (AvgIpc) is 2.97. The average molecular weight is 278 g/mol. The first-order chi connectivity index (χ1) is 8.68. The minimum atomic E-state index is -4.15. The standard InChI is InChI=1S/C13H21F3N2O/c1-12(2)8-18(6-5-10(12)13(14,15)16)7-11(19)17-9-3-4-9/h9-10H,3-8H2,1-2H3,(H,17,19)/t10-/m1/s1. The van der Waals surface area contributed by atoms with E-state index in [-0.39, 0.29) is 18.9 Å². The molecule has 0 unspecified atom stereocenters. The molecule has 0 radical (unpaired) electrons. The van der Waals surface area contributed by atoms with E-state index in [2.05, 4.69) is 5.32 Å². The first-order valence-electron chi connectivity index (χ1n) is 6.77. The second-order valence-electron chi connectivity index (χ2n) is 6.42. The molecule has 1 aliphatic heterocycles. The summed E-state index contributed by atoms with van der Waals surface area (Å²) >= 11 is 0. The summed E-state index contributed by atoms with van der Waals surface area (Å²) in [7, 11) is 0. The van der Waals surface area contributed by atoms with Crippen LogP contribution in [0.4, 0.5) is 13.2 Å². The fourth-order valence-corrected chi connectivity index (χ4v) is 2.91. The van der Waals surface area contributed by atoms with Crippen molar-refractivity contribution in [3.63, 3.8) is 0 Å². The van der Waals surface area contributed by atoms with Crippen molar-refractivity contribution in [3.05, 3.63) is 0 Å². The molecule has 0 bridgehead atoms. The summed E-state index contributed by atoms with van der Waals surface area (Å²) in [5.41, 5.74) is -0.837. The zero-order valence-electron chi connectivity index (χ0n) is 11.4. The van der Waals surface area contributed by atoms with E-state index in [9.17, 15) is 18.0 Å². The molecule has 19 heavy (non-hydrogen) atoms. The molecule has 0 aromatic heterocycles. The quantitative estimate of drug-likeness (QED) is 0.858. The number of likely N-dealkylation sites (tertiary alicyclic amines) is 1. The SMILES string of the molecule is CC1(C)CN(CC(=O)NC2CC2)CC[C@H]1C(F)(F)F. The molecule has 2 fully saturated rings. The van der Waals surface area contributed by atoms with Gasteiger partial charge in [-0.05, 0) is 31.2 Å². The van der Waals surface area contributed by atoms with Crippen molar-refractivity contribution in [3.8, 4) is 0 Å². The predicted molar refractivity (Wildman–Crippen MR) is 65.5 cm³/mol. The fourth-order valence-electron chi connectivity index (χ4n) is 2.91. The number of hydrogen-bond acceptors (Lipinski definition) is 2. The summed E-state index contributed by atoms with van der Waals surface area (Å²) in [6.45, 7) is 4.14. The Morgan fingerprint density at radius 3 is 2.42 bits per heavy atom. The lowest BCUT2D eigenvalue weighted by Gasteiger charge is -2.44. The van der Waals surface area contributed by atoms with Crippen molar-refractivity contribution in [2.75, 3.05) is 19.6 Å². The van der Waals surface area contributed by atoms with Crippen LogP contribution in [-0.2, 0) is 4.79 Å². The van der Waals surface area contributed by atoms with E-state index in [1.807, 2.05) is 4.90 Å². The van der Waals surface area contributed by atoms with Crippen molar-refractivity contribution >= 4 is 5.91 Å². The molecule has 6 heteroatoms. The van der Waals surface area contributed by atoms with Crippen LogP contribution in [0.1, 0.15) is 33.1 Å². The van der Waals surface area contributed by atoms with E-state index in [0.29, 0.717) is 19.1 Å². The van der Waals surface area contributed by atoms with Gasteiger partial charge in [0.2, 0.25) is 5.91 Å². The van der Waals surface area contributed by atoms with Gasteiger partial charge in [-0.25, -0.2) is 0 Å². The summed E-state index contributed by atoms with van der Waals surface area (Å²) in [5.74, 6) is -1.34. The monoisotopic (exact) mass is 278 g/mol. The Bertz CT molecular complexity index is 350. The lowest BCUT2D eigenvalue weighted by Crippen LogP contribution is -2.52. The molecule has 0 aromatic carbocycles. The third-order valence-corrected chi connectivity index (χ3v) is 4.01. The number of piperidine rings is 1. The molecule has 1 aliphatic carbocycles. The van der Waals surface area contributed by atoms with Gasteiger partial charge in [-0.3, -0.25) is 9.69 Å². The lowest BCUT2D eigenvalue weighted by molar-refractivity contribution is -0.216. The van der Waals surface area contributed by atoms with Gasteiger partial charge in [-0.15, -0.1) is 0 Å². The maximum Gasteiger partial charge on any atom is 0.392 e. The largest absolute Gasteiger partial charge is 0.392 e. The van der Waals surface area contributed by atoms with Crippen LogP contribution in [0, 0.1) is 11.3 Å². The van der Waals surface area contributed by atoms with Crippen LogP contribution in [0.3, 0.4) is 0 Å². The molecular weight excluding hydrogens is 257 g/mol. The zero-order chi connectivity index (χ0) is 14.3. The van der Waals surface area contributed by atoms with Gasteiger partial charge in [0, 0.05) is 12.6 Å². The zero-order valence-corrected chi connectivity index (χ0v) is 11.4. The molecule has 1 amide bonds. The minimum absolute atomic E-state index is 0.0660. The number of rotatable bonds is 3. The lowest BCUT2D eigenvalue weighted by atomic mass is 9.73. The van der Waals surface area contributed by atoms with E-state index in [0.717, 1.165) is 12.8 Å². The van der Waals surface area contributed by atoms with Crippen LogP contribution >= 0.6 is 0 Å². The van der Waals surface area contributed by atoms with Crippen molar-refractivity contribution in [2.24, 2.45) is 11.3 Å². The van der Waals surface area contributed by atoms with Crippen LogP contribution < -0.4 is 5.32 Å². The van der Waals surface area contributed by atoms with Crippen molar-refractivity contribution < 1.29 is 18.0 Å². The van der Waals surface area contributed by atoms with Crippen LogP contribution in [0.15, 0.2) is 0 Å². The molecule has 0 spiro atoms. The number of carbonyl (C=O) groups excluding carboxylic acids is 1. The Kier molecular flexibility index (Phi) is 3.82. The van der Waals surface area contributed by atoms with E-state index in [4.69, 9.17) is 0 Å². The topological polar surface area (TPSA) is 32.3 Å². The normalized spacial score (nSPS) is 28.2. The molecule has 1 heterocycles. The van der Waals surface area contributed by atoms with Crippen LogP contribution in [-0.4, -0.2) is 42.7 Å². The Hall–Kier alpha value is -0.780. The molecule has 1 saturated carbocycles. The van der Waals surface area contributed by atoms with Crippen LogP contribution in [0.2, 0.25) is 0 Å². The highest BCUT2D eigenvalue weighted by atomic mass is 19.4. The van der Waals surface area contributed by atoms with Gasteiger partial charge in [0.05, 0.1) is 12.5 Å². The molecule has 1 N–H and O–H groups in total. The number of hydrogen-bond donors (Lipinski definition) is 1. The van der Waals surface area contributed by atoms with E-state index >= 15 is 0 Å². The maximum absolute atomic E-state index is 12.9. The Morgan fingerprint density at radius 1 is 1.32 bits per heavy atom. The highest BCUT2D eigenvalue weighted by Crippen LogP contribution is 2.44. The molecule has 1 atom stereocenters. The molecule has 3 nitrogen and oxygen atoms in total. The summed E-state index contributed by atoms with van der Waals surface area (Å²) in [6.07, 6.45) is -2.03. The van der Waals surface area contributed by atoms with Gasteiger partial charge in [-0.2, -0.15) is 13.2 Å². The van der Waals surface area contributed by atoms with Gasteiger partial charge in [0.15, 0.2) is 0 Å².